The molecule has 0 radical (unpaired) electrons. The van der Waals surface area contributed by atoms with Crippen molar-refractivity contribution in [2.45, 2.75) is 32.2 Å². The first kappa shape index (κ1) is 20.7. The molecule has 9 heteroatoms. The third kappa shape index (κ3) is 5.51. The standard InChI is InChI=1S/C19H29N3O5S/c1-3-22(28(2,24)25)10-4-9-20-19(23)21-18(14-5-6-14)15-7-8-16-17(13-15)27-12-11-26-16/h7-8,13-14,18H,3-6,9-12H2,1-2H3,(H2,20,21,23)/t18-/m1/s1. The number of nitrogens with zero attached hydrogens (tertiary/aromatic N) is 1. The highest BCUT2D eigenvalue weighted by Gasteiger charge is 2.34. The fraction of sp³-hybridized carbons (Fsp3) is 0.632. The molecule has 1 heterocycles. The van der Waals surface area contributed by atoms with E-state index in [1.807, 2.05) is 18.2 Å². The highest BCUT2D eigenvalue weighted by molar-refractivity contribution is 7.88. The Kier molecular flexibility index (Phi) is 6.66. The molecule has 1 aromatic rings. The summed E-state index contributed by atoms with van der Waals surface area (Å²) in [6.45, 7) is 4.11. The molecule has 1 atom stereocenters. The largest absolute Gasteiger partial charge is 0.486 e. The van der Waals surface area contributed by atoms with Gasteiger partial charge in [0.1, 0.15) is 13.2 Å². The quantitative estimate of drug-likeness (QED) is 0.605. The molecule has 156 valence electrons. The number of carbonyl (C=O) groups is 1. The first-order valence-corrected chi connectivity index (χ1v) is 11.6. The van der Waals surface area contributed by atoms with E-state index in [1.54, 1.807) is 6.92 Å². The Balaban J connectivity index is 1.51. The molecule has 0 bridgehead atoms. The van der Waals surface area contributed by atoms with Gasteiger partial charge in [0.15, 0.2) is 11.5 Å². The van der Waals surface area contributed by atoms with Crippen LogP contribution in [0.2, 0.25) is 0 Å². The maximum Gasteiger partial charge on any atom is 0.315 e. The molecule has 2 N–H and O–H groups in total. The van der Waals surface area contributed by atoms with Crippen molar-refractivity contribution in [1.29, 1.82) is 0 Å². The normalized spacial score (nSPS) is 17.2. The van der Waals surface area contributed by atoms with Gasteiger partial charge >= 0.3 is 6.03 Å². The van der Waals surface area contributed by atoms with Crippen molar-refractivity contribution in [2.75, 3.05) is 39.1 Å². The summed E-state index contributed by atoms with van der Waals surface area (Å²) in [6.07, 6.45) is 3.93. The zero-order valence-corrected chi connectivity index (χ0v) is 17.3. The third-order valence-corrected chi connectivity index (χ3v) is 6.38. The number of sulfonamides is 1. The molecule has 8 nitrogen and oxygen atoms in total. The predicted molar refractivity (Wildman–Crippen MR) is 106 cm³/mol. The smallest absolute Gasteiger partial charge is 0.315 e. The second kappa shape index (κ2) is 9.00. The molecule has 1 aliphatic carbocycles. The number of urea groups is 1. The maximum absolute atomic E-state index is 12.3. The number of nitrogens with one attached hydrogen (secondary N) is 2. The summed E-state index contributed by atoms with van der Waals surface area (Å²) in [7, 11) is -3.20. The lowest BCUT2D eigenvalue weighted by atomic mass is 10.0. The Bertz CT molecular complexity index is 795. The number of rotatable bonds is 9. The first-order chi connectivity index (χ1) is 13.4. The lowest BCUT2D eigenvalue weighted by Gasteiger charge is -2.23. The molecule has 0 spiro atoms. The van der Waals surface area contributed by atoms with Crippen molar-refractivity contribution >= 4 is 16.1 Å². The Labute approximate surface area is 166 Å². The maximum atomic E-state index is 12.3. The molecule has 3 rings (SSSR count). The van der Waals surface area contributed by atoms with Gasteiger partial charge in [0, 0.05) is 19.6 Å². The van der Waals surface area contributed by atoms with Crippen LogP contribution in [0.3, 0.4) is 0 Å². The molecule has 0 unspecified atom stereocenters. The van der Waals surface area contributed by atoms with Crippen molar-refractivity contribution in [1.82, 2.24) is 14.9 Å². The number of hydrogen-bond acceptors (Lipinski definition) is 5. The number of carbonyl (C=O) groups excluding carboxylic acids is 1. The summed E-state index contributed by atoms with van der Waals surface area (Å²) in [4.78, 5) is 12.3. The molecule has 1 aliphatic heterocycles. The fourth-order valence-electron chi connectivity index (χ4n) is 3.36. The van der Waals surface area contributed by atoms with Crippen LogP contribution in [0.15, 0.2) is 18.2 Å². The van der Waals surface area contributed by atoms with Crippen molar-refractivity contribution in [3.8, 4) is 11.5 Å². The Morgan fingerprint density at radius 1 is 1.25 bits per heavy atom. The molecule has 0 saturated heterocycles. The van der Waals surface area contributed by atoms with Gasteiger partial charge in [-0.25, -0.2) is 17.5 Å². The minimum absolute atomic E-state index is 0.0704. The molecule has 2 amide bonds. The highest BCUT2D eigenvalue weighted by atomic mass is 32.2. The number of ether oxygens (including phenoxy) is 2. The molecule has 0 aromatic heterocycles. The summed E-state index contributed by atoms with van der Waals surface area (Å²) < 4.78 is 35.8. The number of amides is 2. The van der Waals surface area contributed by atoms with Crippen molar-refractivity contribution < 1.29 is 22.7 Å². The van der Waals surface area contributed by atoms with Gasteiger partial charge in [0.2, 0.25) is 10.0 Å². The van der Waals surface area contributed by atoms with E-state index in [9.17, 15) is 13.2 Å². The molecule has 28 heavy (non-hydrogen) atoms. The van der Waals surface area contributed by atoms with Crippen molar-refractivity contribution in [3.63, 3.8) is 0 Å². The van der Waals surface area contributed by atoms with Crippen molar-refractivity contribution in [3.05, 3.63) is 23.8 Å². The SMILES string of the molecule is CCN(CCCNC(=O)N[C@@H](c1ccc2c(c1)OCCO2)C1CC1)S(C)(=O)=O. The zero-order valence-electron chi connectivity index (χ0n) is 16.4. The van der Waals surface area contributed by atoms with Gasteiger partial charge in [-0.1, -0.05) is 13.0 Å². The van der Waals surface area contributed by atoms with Gasteiger partial charge in [0.05, 0.1) is 12.3 Å². The van der Waals surface area contributed by atoms with Crippen molar-refractivity contribution in [2.24, 2.45) is 5.92 Å². The molecule has 1 aromatic carbocycles. The zero-order chi connectivity index (χ0) is 20.1. The second-order valence-electron chi connectivity index (χ2n) is 7.23. The molecular formula is C19H29N3O5S. The lowest BCUT2D eigenvalue weighted by molar-refractivity contribution is 0.171. The van der Waals surface area contributed by atoms with E-state index in [4.69, 9.17) is 9.47 Å². The highest BCUT2D eigenvalue weighted by Crippen LogP contribution is 2.43. The molecular weight excluding hydrogens is 382 g/mol. The van der Waals surface area contributed by atoms with Crippen LogP contribution in [-0.2, 0) is 10.0 Å². The van der Waals surface area contributed by atoms with Crippen LogP contribution in [0, 0.1) is 5.92 Å². The average Bonchev–Trinajstić information content (AvgIpc) is 3.49. The minimum Gasteiger partial charge on any atom is -0.486 e. The molecule has 2 aliphatic rings. The van der Waals surface area contributed by atoms with Crippen LogP contribution >= 0.6 is 0 Å². The number of fused-ring (bicyclic) bond motifs is 1. The van der Waals surface area contributed by atoms with Gasteiger partial charge in [-0.05, 0) is 42.9 Å². The monoisotopic (exact) mass is 411 g/mol. The van der Waals surface area contributed by atoms with E-state index in [0.29, 0.717) is 45.2 Å². The van der Waals surface area contributed by atoms with Gasteiger partial charge in [-0.2, -0.15) is 0 Å². The average molecular weight is 412 g/mol. The summed E-state index contributed by atoms with van der Waals surface area (Å²) in [5.74, 6) is 1.88. The third-order valence-electron chi connectivity index (χ3n) is 5.00. The second-order valence-corrected chi connectivity index (χ2v) is 9.21. The number of benzene rings is 1. The minimum atomic E-state index is -3.20. The molecule has 1 fully saturated rings. The Hall–Kier alpha value is -2.00. The first-order valence-electron chi connectivity index (χ1n) is 9.77. The van der Waals surface area contributed by atoms with Gasteiger partial charge in [-0.3, -0.25) is 0 Å². The summed E-state index contributed by atoms with van der Waals surface area (Å²) in [5.41, 5.74) is 1.01. The van der Waals surface area contributed by atoms with E-state index in [-0.39, 0.29) is 12.1 Å². The van der Waals surface area contributed by atoms with E-state index in [1.165, 1.54) is 10.6 Å². The molecule has 1 saturated carbocycles. The van der Waals surface area contributed by atoms with Crippen LogP contribution in [0.5, 0.6) is 11.5 Å². The van der Waals surface area contributed by atoms with Gasteiger partial charge in [0.25, 0.3) is 0 Å². The summed E-state index contributed by atoms with van der Waals surface area (Å²) >= 11 is 0. The predicted octanol–water partition coefficient (Wildman–Crippen LogP) is 1.88. The Morgan fingerprint density at radius 2 is 1.96 bits per heavy atom. The van der Waals surface area contributed by atoms with Gasteiger partial charge < -0.3 is 20.1 Å². The van der Waals surface area contributed by atoms with Crippen LogP contribution in [0.25, 0.3) is 0 Å². The Morgan fingerprint density at radius 3 is 2.61 bits per heavy atom. The van der Waals surface area contributed by atoms with Gasteiger partial charge in [-0.15, -0.1) is 0 Å². The topological polar surface area (TPSA) is 97.0 Å². The van der Waals surface area contributed by atoms with Crippen LogP contribution in [0.1, 0.15) is 37.8 Å². The summed E-state index contributed by atoms with van der Waals surface area (Å²) in [5, 5.41) is 5.89. The lowest BCUT2D eigenvalue weighted by Crippen LogP contribution is -2.40. The summed E-state index contributed by atoms with van der Waals surface area (Å²) in [6, 6.07) is 5.50. The number of hydrogen-bond donors (Lipinski definition) is 2. The van der Waals surface area contributed by atoms with E-state index in [2.05, 4.69) is 10.6 Å². The van der Waals surface area contributed by atoms with Crippen LogP contribution in [0.4, 0.5) is 4.79 Å². The van der Waals surface area contributed by atoms with E-state index < -0.39 is 10.0 Å². The van der Waals surface area contributed by atoms with Crippen LogP contribution < -0.4 is 20.1 Å². The van der Waals surface area contributed by atoms with E-state index in [0.717, 1.165) is 29.9 Å². The van der Waals surface area contributed by atoms with Crippen LogP contribution in [-0.4, -0.2) is 57.9 Å². The van der Waals surface area contributed by atoms with E-state index >= 15 is 0 Å². The fourth-order valence-corrected chi connectivity index (χ4v) is 4.29.